The van der Waals surface area contributed by atoms with E-state index in [1.54, 1.807) is 0 Å². The van der Waals surface area contributed by atoms with Crippen molar-refractivity contribution >= 4 is 55.5 Å². The molecule has 0 fully saturated rings. The highest BCUT2D eigenvalue weighted by Gasteiger charge is 2.24. The van der Waals surface area contributed by atoms with Crippen molar-refractivity contribution < 1.29 is 8.83 Å². The van der Waals surface area contributed by atoms with E-state index in [-0.39, 0.29) is 6.17 Å². The van der Waals surface area contributed by atoms with Crippen LogP contribution in [-0.2, 0) is 0 Å². The van der Waals surface area contributed by atoms with Crippen LogP contribution in [0, 0.1) is 0 Å². The van der Waals surface area contributed by atoms with Crippen molar-refractivity contribution in [3.63, 3.8) is 0 Å². The summed E-state index contributed by atoms with van der Waals surface area (Å²) in [6, 6.07) is 47.6. The number of aliphatic imine (C=N–C) groups is 2. The average molecular weight is 568 g/mol. The lowest BCUT2D eigenvalue weighted by molar-refractivity contribution is 0.633. The summed E-state index contributed by atoms with van der Waals surface area (Å²) < 4.78 is 12.8. The third-order valence-corrected chi connectivity index (χ3v) is 8.37. The standard InChI is InChI=1S/C39H25N3O2/c1-3-10-24(11-4-1)25-18-20-27(21-19-25)38-40-37(26-12-5-2-6-13-26)41-39(42-38)31-15-9-17-33-34(31)30-23-22-29-28-14-7-8-16-32(28)43-35(29)36(30)44-33/h1-23,37H,(H,40,41,42). The van der Waals surface area contributed by atoms with E-state index >= 15 is 0 Å². The largest absolute Gasteiger partial charge is 0.452 e. The number of nitrogens with one attached hydrogen (secondary N) is 1. The Morgan fingerprint density at radius 2 is 1.14 bits per heavy atom. The summed E-state index contributed by atoms with van der Waals surface area (Å²) in [6.07, 6.45) is -0.303. The van der Waals surface area contributed by atoms with Gasteiger partial charge in [0, 0.05) is 32.7 Å². The van der Waals surface area contributed by atoms with Crippen LogP contribution in [0.15, 0.2) is 158 Å². The number of furan rings is 2. The number of benzene rings is 6. The van der Waals surface area contributed by atoms with Gasteiger partial charge in [0.25, 0.3) is 0 Å². The molecule has 1 unspecified atom stereocenters. The van der Waals surface area contributed by atoms with Gasteiger partial charge in [-0.15, -0.1) is 0 Å². The lowest BCUT2D eigenvalue weighted by Gasteiger charge is -2.24. The summed E-state index contributed by atoms with van der Waals surface area (Å²) in [7, 11) is 0. The zero-order chi connectivity index (χ0) is 29.0. The summed E-state index contributed by atoms with van der Waals surface area (Å²) in [6.45, 7) is 0. The number of hydrogen-bond acceptors (Lipinski definition) is 5. The van der Waals surface area contributed by atoms with Gasteiger partial charge in [0.1, 0.15) is 23.2 Å². The molecule has 0 aliphatic carbocycles. The van der Waals surface area contributed by atoms with Gasteiger partial charge in [-0.1, -0.05) is 115 Å². The molecule has 0 amide bonds. The maximum Gasteiger partial charge on any atom is 0.178 e. The normalized spacial score (nSPS) is 15.0. The van der Waals surface area contributed by atoms with Crippen LogP contribution in [0.5, 0.6) is 0 Å². The monoisotopic (exact) mass is 567 g/mol. The van der Waals surface area contributed by atoms with Crippen molar-refractivity contribution in [1.82, 2.24) is 5.32 Å². The average Bonchev–Trinajstić information content (AvgIpc) is 3.68. The number of para-hydroxylation sites is 1. The number of nitrogens with zero attached hydrogens (tertiary/aromatic N) is 2. The Morgan fingerprint density at radius 3 is 1.98 bits per heavy atom. The first-order valence-corrected chi connectivity index (χ1v) is 14.7. The van der Waals surface area contributed by atoms with E-state index in [2.05, 4.69) is 90.2 Å². The maximum atomic E-state index is 6.49. The third-order valence-electron chi connectivity index (χ3n) is 8.37. The van der Waals surface area contributed by atoms with Crippen LogP contribution in [0.2, 0.25) is 0 Å². The summed E-state index contributed by atoms with van der Waals surface area (Å²) in [5.41, 5.74) is 8.41. The molecule has 5 heteroatoms. The van der Waals surface area contributed by atoms with E-state index in [0.29, 0.717) is 5.84 Å². The molecule has 5 nitrogen and oxygen atoms in total. The molecule has 3 heterocycles. The first kappa shape index (κ1) is 24.6. The van der Waals surface area contributed by atoms with E-state index in [9.17, 15) is 0 Å². The molecule has 0 bridgehead atoms. The number of amidine groups is 2. The molecule has 208 valence electrons. The van der Waals surface area contributed by atoms with Gasteiger partial charge in [-0.25, -0.2) is 9.98 Å². The fourth-order valence-electron chi connectivity index (χ4n) is 6.23. The van der Waals surface area contributed by atoms with Crippen LogP contribution in [-0.4, -0.2) is 11.7 Å². The second kappa shape index (κ2) is 9.82. The van der Waals surface area contributed by atoms with Crippen LogP contribution in [0.4, 0.5) is 0 Å². The maximum absolute atomic E-state index is 6.49. The molecule has 0 saturated heterocycles. The second-order valence-corrected chi connectivity index (χ2v) is 11.0. The van der Waals surface area contributed by atoms with Crippen LogP contribution in [0.25, 0.3) is 55.0 Å². The van der Waals surface area contributed by atoms with Crippen LogP contribution in [0.3, 0.4) is 0 Å². The molecule has 6 aromatic carbocycles. The summed E-state index contributed by atoms with van der Waals surface area (Å²) in [4.78, 5) is 10.3. The van der Waals surface area contributed by atoms with Crippen molar-refractivity contribution in [2.75, 3.05) is 0 Å². The molecule has 0 saturated carbocycles. The minimum absolute atomic E-state index is 0.303. The molecular formula is C39H25N3O2. The first-order chi connectivity index (χ1) is 21.8. The van der Waals surface area contributed by atoms with E-state index < -0.39 is 0 Å². The number of hydrogen-bond donors (Lipinski definition) is 1. The zero-order valence-electron chi connectivity index (χ0n) is 23.6. The summed E-state index contributed by atoms with van der Waals surface area (Å²) >= 11 is 0. The first-order valence-electron chi connectivity index (χ1n) is 14.7. The van der Waals surface area contributed by atoms with Crippen molar-refractivity contribution in [1.29, 1.82) is 0 Å². The van der Waals surface area contributed by atoms with Crippen LogP contribution < -0.4 is 5.32 Å². The third kappa shape index (κ3) is 3.94. The number of fused-ring (bicyclic) bond motifs is 7. The second-order valence-electron chi connectivity index (χ2n) is 11.0. The molecular weight excluding hydrogens is 542 g/mol. The van der Waals surface area contributed by atoms with E-state index in [0.717, 1.165) is 72.0 Å². The fraction of sp³-hybridized carbons (Fsp3) is 0.0256. The quantitative estimate of drug-likeness (QED) is 0.230. The van der Waals surface area contributed by atoms with Crippen LogP contribution in [0.1, 0.15) is 22.9 Å². The molecule has 0 radical (unpaired) electrons. The Morgan fingerprint density at radius 1 is 0.500 bits per heavy atom. The molecule has 2 aromatic heterocycles. The zero-order valence-corrected chi connectivity index (χ0v) is 23.6. The predicted molar refractivity (Wildman–Crippen MR) is 178 cm³/mol. The van der Waals surface area contributed by atoms with Gasteiger partial charge in [0.2, 0.25) is 0 Å². The lowest BCUT2D eigenvalue weighted by atomic mass is 10.0. The van der Waals surface area contributed by atoms with Crippen molar-refractivity contribution in [2.24, 2.45) is 9.98 Å². The van der Waals surface area contributed by atoms with Gasteiger partial charge in [-0.3, -0.25) is 0 Å². The predicted octanol–water partition coefficient (Wildman–Crippen LogP) is 9.65. The highest BCUT2D eigenvalue weighted by atomic mass is 16.4. The molecule has 9 rings (SSSR count). The Kier molecular flexibility index (Phi) is 5.50. The number of rotatable bonds is 4. The molecule has 1 atom stereocenters. The summed E-state index contributed by atoms with van der Waals surface area (Å²) in [5, 5.41) is 7.65. The SMILES string of the molecule is c1ccc(-c2ccc(C3=NC(c4cccc5oc6c(ccc7c8ccccc8oc76)c45)=NC(c4ccccc4)N3)cc2)cc1. The molecule has 1 N–H and O–H groups in total. The smallest absolute Gasteiger partial charge is 0.178 e. The van der Waals surface area contributed by atoms with Crippen molar-refractivity contribution in [2.45, 2.75) is 6.17 Å². The Bertz CT molecular complexity index is 2400. The Hall–Kier alpha value is -5.94. The fourth-order valence-corrected chi connectivity index (χ4v) is 6.23. The van der Waals surface area contributed by atoms with Gasteiger partial charge in [0.15, 0.2) is 17.0 Å². The minimum Gasteiger partial charge on any atom is -0.452 e. The van der Waals surface area contributed by atoms with Gasteiger partial charge in [-0.05, 0) is 41.0 Å². The lowest BCUT2D eigenvalue weighted by Crippen LogP contribution is -2.33. The Balaban J connectivity index is 1.22. The molecule has 1 aliphatic rings. The molecule has 8 aromatic rings. The Labute approximate surface area is 252 Å². The van der Waals surface area contributed by atoms with E-state index in [4.69, 9.17) is 18.8 Å². The molecule has 1 aliphatic heterocycles. The van der Waals surface area contributed by atoms with Crippen molar-refractivity contribution in [3.05, 3.63) is 156 Å². The van der Waals surface area contributed by atoms with E-state index in [1.165, 1.54) is 5.56 Å². The highest BCUT2D eigenvalue weighted by molar-refractivity contribution is 6.25. The topological polar surface area (TPSA) is 63.0 Å². The van der Waals surface area contributed by atoms with Gasteiger partial charge in [0.05, 0.1) is 0 Å². The molecule has 0 spiro atoms. The summed E-state index contributed by atoms with van der Waals surface area (Å²) in [5.74, 6) is 1.42. The van der Waals surface area contributed by atoms with E-state index in [1.807, 2.05) is 54.6 Å². The van der Waals surface area contributed by atoms with Gasteiger partial charge in [-0.2, -0.15) is 0 Å². The van der Waals surface area contributed by atoms with Crippen LogP contribution >= 0.6 is 0 Å². The minimum atomic E-state index is -0.303. The van der Waals surface area contributed by atoms with Gasteiger partial charge < -0.3 is 14.2 Å². The van der Waals surface area contributed by atoms with Crippen molar-refractivity contribution in [3.8, 4) is 11.1 Å². The molecule has 44 heavy (non-hydrogen) atoms. The van der Waals surface area contributed by atoms with Gasteiger partial charge >= 0.3 is 0 Å². The highest BCUT2D eigenvalue weighted by Crippen LogP contribution is 2.40.